The fourth-order valence-electron chi connectivity index (χ4n) is 12.1. The summed E-state index contributed by atoms with van der Waals surface area (Å²) in [5, 5.41) is 26.5. The zero-order chi connectivity index (χ0) is 52.5. The predicted octanol–water partition coefficient (Wildman–Crippen LogP) is 10.6. The van der Waals surface area contributed by atoms with Crippen molar-refractivity contribution in [1.29, 1.82) is 0 Å². The largest absolute Gasteiger partial charge is 0.497 e. The third-order valence-corrected chi connectivity index (χ3v) is 17.9. The van der Waals surface area contributed by atoms with Crippen LogP contribution in [0.15, 0.2) is 114 Å². The number of hydrogen-bond acceptors (Lipinski definition) is 13. The highest BCUT2D eigenvalue weighted by atomic mass is 32.2. The van der Waals surface area contributed by atoms with Gasteiger partial charge in [0.1, 0.15) is 28.6 Å². The summed E-state index contributed by atoms with van der Waals surface area (Å²) in [5.74, 6) is 1.04. The van der Waals surface area contributed by atoms with Gasteiger partial charge < -0.3 is 29.8 Å². The van der Waals surface area contributed by atoms with Gasteiger partial charge in [0.25, 0.3) is 21.6 Å². The molecule has 1 spiro atoms. The van der Waals surface area contributed by atoms with Crippen molar-refractivity contribution in [3.05, 3.63) is 142 Å². The zero-order valence-electron chi connectivity index (χ0n) is 43.5. The van der Waals surface area contributed by atoms with Gasteiger partial charge in [-0.05, 0) is 154 Å². The van der Waals surface area contributed by atoms with Gasteiger partial charge in [-0.3, -0.25) is 24.7 Å². The number of rotatable bonds is 16. The second kappa shape index (κ2) is 21.6. The standard InChI is InChI=1S/C58H70N8O8S/c1-39(2)48-8-5-6-9-49(48)53-38-63(37-41-10-13-45(73-4)14-11-41)26-7-27-65(53)44-33-58(34-44)23-28-64(29-24-58)43-12-16-50(54(31-43)74-46-30-42-20-25-59-55(42)61-36-46)56(67)62-75(71,72)47-15-17-51(52(32-47)66(69)70)60-35-40-18-21-57(3,68)22-19-40/h5-6,8-17,20,25,30-32,36,39-40,44,53,60,68H,7,18-19,21-24,26-29,33-35,37-38H2,1-4H3,(H,59,61)(H,62,67)/t40-,53?,57-. The Bertz CT molecular complexity index is 3120. The van der Waals surface area contributed by atoms with E-state index in [1.807, 2.05) is 19.1 Å². The first-order chi connectivity index (χ1) is 36.0. The fourth-order valence-corrected chi connectivity index (χ4v) is 13.1. The summed E-state index contributed by atoms with van der Waals surface area (Å²) < 4.78 is 41.8. The quantitative estimate of drug-likeness (QED) is 0.0529. The normalized spacial score (nSPS) is 21.7. The third-order valence-electron chi connectivity index (χ3n) is 16.5. The number of fused-ring (bicyclic) bond motifs is 1. The summed E-state index contributed by atoms with van der Waals surface area (Å²) in [7, 11) is -2.88. The average molecular weight is 1040 g/mol. The van der Waals surface area contributed by atoms with Gasteiger partial charge in [0.15, 0.2) is 0 Å². The lowest BCUT2D eigenvalue weighted by molar-refractivity contribution is -0.384. The maximum atomic E-state index is 14.1. The molecule has 75 heavy (non-hydrogen) atoms. The Balaban J connectivity index is 0.836. The Labute approximate surface area is 440 Å². The number of H-pyrrole nitrogens is 1. The number of anilines is 2. The molecule has 6 aromatic rings. The zero-order valence-corrected chi connectivity index (χ0v) is 44.3. The molecule has 0 radical (unpaired) electrons. The molecule has 4 fully saturated rings. The molecule has 4 heterocycles. The second-order valence-corrected chi connectivity index (χ2v) is 23.8. The van der Waals surface area contributed by atoms with Crippen LogP contribution in [0.25, 0.3) is 11.0 Å². The molecule has 1 atom stereocenters. The molecule has 2 aliphatic carbocycles. The molecule has 396 valence electrons. The van der Waals surface area contributed by atoms with E-state index in [4.69, 9.17) is 9.47 Å². The van der Waals surface area contributed by atoms with E-state index in [1.165, 1.54) is 28.8 Å². The summed E-state index contributed by atoms with van der Waals surface area (Å²) in [6.07, 6.45) is 11.5. The first-order valence-electron chi connectivity index (χ1n) is 26.6. The number of nitrogens with zero attached hydrogens (tertiary/aromatic N) is 5. The topological polar surface area (TPSA) is 195 Å². The number of aromatic amines is 1. The number of pyridine rings is 1. The van der Waals surface area contributed by atoms with Gasteiger partial charge in [0.05, 0.1) is 34.3 Å². The summed E-state index contributed by atoms with van der Waals surface area (Å²) >= 11 is 0. The molecule has 2 aromatic heterocycles. The van der Waals surface area contributed by atoms with Gasteiger partial charge in [-0.15, -0.1) is 0 Å². The molecule has 4 aliphatic rings. The smallest absolute Gasteiger partial charge is 0.293 e. The molecule has 1 unspecified atom stereocenters. The number of aliphatic hydroxyl groups is 1. The first kappa shape index (κ1) is 51.9. The monoisotopic (exact) mass is 1040 g/mol. The highest BCUT2D eigenvalue weighted by molar-refractivity contribution is 7.90. The van der Waals surface area contributed by atoms with E-state index in [9.17, 15) is 28.4 Å². The minimum atomic E-state index is -4.59. The van der Waals surface area contributed by atoms with Crippen LogP contribution >= 0.6 is 0 Å². The number of methoxy groups -OCH3 is 1. The van der Waals surface area contributed by atoms with Crippen LogP contribution in [0.2, 0.25) is 0 Å². The maximum Gasteiger partial charge on any atom is 0.293 e. The number of aromatic nitrogens is 2. The minimum absolute atomic E-state index is 0.0281. The molecule has 1 amide bonds. The minimum Gasteiger partial charge on any atom is -0.497 e. The summed E-state index contributed by atoms with van der Waals surface area (Å²) in [6, 6.07) is 30.7. The van der Waals surface area contributed by atoms with Crippen LogP contribution in [0.3, 0.4) is 0 Å². The number of nitrogens with one attached hydrogen (secondary N) is 3. The van der Waals surface area contributed by atoms with Crippen molar-refractivity contribution >= 4 is 44.0 Å². The highest BCUT2D eigenvalue weighted by Crippen LogP contribution is 2.53. The number of carbonyl (C=O) groups excluding carboxylic acids is 1. The average Bonchev–Trinajstić information content (AvgIpc) is 3.77. The molecule has 17 heteroatoms. The molecule has 16 nitrogen and oxygen atoms in total. The molecular formula is C58H70N8O8S. The fraction of sp³-hybridized carbons (Fsp3) is 0.448. The van der Waals surface area contributed by atoms with Gasteiger partial charge in [-0.1, -0.05) is 50.2 Å². The molecule has 10 rings (SSSR count). The van der Waals surface area contributed by atoms with Crippen LogP contribution in [0.4, 0.5) is 17.1 Å². The number of ether oxygens (including phenoxy) is 2. The van der Waals surface area contributed by atoms with Crippen LogP contribution < -0.4 is 24.4 Å². The molecule has 2 saturated carbocycles. The molecule has 0 bridgehead atoms. The van der Waals surface area contributed by atoms with Gasteiger partial charge in [0.2, 0.25) is 0 Å². The molecule has 2 aliphatic heterocycles. The Morgan fingerprint density at radius 3 is 2.43 bits per heavy atom. The Hall–Kier alpha value is -6.53. The third kappa shape index (κ3) is 11.7. The Kier molecular flexibility index (Phi) is 15.0. The SMILES string of the molecule is COc1ccc(CN2CCCN(C3CC4(CCN(c5ccc(C(=O)NS(=O)(=O)c6ccc(NC[C@H]7CC[C@](C)(O)CC7)c([N+](=O)[O-])c6)c(Oc6cnc7[nH]ccc7c6)c5)CC4)C3)C(c3ccccc3C(C)C)C2)cc1. The summed E-state index contributed by atoms with van der Waals surface area (Å²) in [4.78, 5) is 40.6. The van der Waals surface area contributed by atoms with Crippen LogP contribution in [0.1, 0.15) is 118 Å². The van der Waals surface area contributed by atoms with Gasteiger partial charge in [-0.25, -0.2) is 18.1 Å². The number of nitro groups is 1. The number of nitro benzene ring substituents is 1. The summed E-state index contributed by atoms with van der Waals surface area (Å²) in [6.45, 7) is 12.4. The van der Waals surface area contributed by atoms with Crippen LogP contribution in [0.5, 0.6) is 17.2 Å². The van der Waals surface area contributed by atoms with Crippen LogP contribution in [-0.2, 0) is 16.6 Å². The van der Waals surface area contributed by atoms with E-state index in [1.54, 1.807) is 37.7 Å². The number of carbonyl (C=O) groups is 1. The van der Waals surface area contributed by atoms with Gasteiger partial charge >= 0.3 is 0 Å². The molecule has 4 N–H and O–H groups in total. The van der Waals surface area contributed by atoms with Crippen molar-refractivity contribution in [3.8, 4) is 17.2 Å². The number of hydrogen-bond donors (Lipinski definition) is 4. The van der Waals surface area contributed by atoms with Crippen molar-refractivity contribution in [2.24, 2.45) is 11.3 Å². The van der Waals surface area contributed by atoms with Crippen molar-refractivity contribution in [3.63, 3.8) is 0 Å². The predicted molar refractivity (Wildman–Crippen MR) is 291 cm³/mol. The Morgan fingerprint density at radius 2 is 1.69 bits per heavy atom. The molecular weight excluding hydrogens is 969 g/mol. The Morgan fingerprint density at radius 1 is 0.933 bits per heavy atom. The van der Waals surface area contributed by atoms with Crippen molar-refractivity contribution in [2.75, 3.05) is 56.6 Å². The number of sulfonamides is 1. The van der Waals surface area contributed by atoms with Crippen molar-refractivity contribution in [2.45, 2.75) is 114 Å². The highest BCUT2D eigenvalue weighted by Gasteiger charge is 2.50. The molecule has 4 aromatic carbocycles. The number of benzene rings is 4. The van der Waals surface area contributed by atoms with Crippen molar-refractivity contribution < 1.29 is 32.7 Å². The van der Waals surface area contributed by atoms with E-state index in [0.717, 1.165) is 107 Å². The maximum absolute atomic E-state index is 14.1. The van der Waals surface area contributed by atoms with E-state index in [2.05, 4.69) is 97.1 Å². The van der Waals surface area contributed by atoms with E-state index in [-0.39, 0.29) is 34.4 Å². The lowest BCUT2D eigenvalue weighted by atomic mass is 9.59. The van der Waals surface area contributed by atoms with Crippen LogP contribution in [-0.4, -0.2) is 102 Å². The van der Waals surface area contributed by atoms with E-state index >= 15 is 0 Å². The van der Waals surface area contributed by atoms with E-state index in [0.29, 0.717) is 42.7 Å². The summed E-state index contributed by atoms with van der Waals surface area (Å²) in [5.41, 5.74) is 4.89. The number of amides is 1. The second-order valence-electron chi connectivity index (χ2n) is 22.1. The lowest BCUT2D eigenvalue weighted by Gasteiger charge is -2.57. The number of piperidine rings is 1. The van der Waals surface area contributed by atoms with Crippen molar-refractivity contribution in [1.82, 2.24) is 24.5 Å². The van der Waals surface area contributed by atoms with E-state index < -0.39 is 37.0 Å². The lowest BCUT2D eigenvalue weighted by Crippen LogP contribution is -2.56. The van der Waals surface area contributed by atoms with Gasteiger partial charge in [0, 0.05) is 80.8 Å². The molecule has 2 saturated heterocycles. The van der Waals surface area contributed by atoms with Crippen LogP contribution in [0, 0.1) is 21.4 Å². The van der Waals surface area contributed by atoms with Gasteiger partial charge in [-0.2, -0.15) is 0 Å². The first-order valence-corrected chi connectivity index (χ1v) is 28.0.